The van der Waals surface area contributed by atoms with Crippen molar-refractivity contribution in [2.45, 2.75) is 6.18 Å². The van der Waals surface area contributed by atoms with Crippen LogP contribution in [0.1, 0.15) is 0 Å². The van der Waals surface area contributed by atoms with Gasteiger partial charge in [-0.05, 0) is 0 Å². The van der Waals surface area contributed by atoms with Crippen molar-refractivity contribution in [2.24, 2.45) is 0 Å². The van der Waals surface area contributed by atoms with Crippen molar-refractivity contribution in [3.05, 3.63) is 12.7 Å². The number of carbonyl (C=O) groups excluding carboxylic acids is 1. The molecule has 21 heavy (non-hydrogen) atoms. The quantitative estimate of drug-likeness (QED) is 0.765. The minimum Gasteiger partial charge on any atom is -0.480 e. The van der Waals surface area contributed by atoms with Crippen LogP contribution in [0.15, 0.2) is 12.7 Å². The van der Waals surface area contributed by atoms with Gasteiger partial charge in [-0.15, -0.1) is 6.58 Å². The van der Waals surface area contributed by atoms with Crippen LogP contribution in [0.25, 0.3) is 0 Å². The lowest BCUT2D eigenvalue weighted by Gasteiger charge is -2.37. The molecule has 0 aromatic heterocycles. The molecule has 0 aromatic rings. The predicted molar refractivity (Wildman–Crippen MR) is 68.9 cm³/mol. The Labute approximate surface area is 120 Å². The van der Waals surface area contributed by atoms with Gasteiger partial charge in [0.05, 0.1) is 6.54 Å². The maximum Gasteiger partial charge on any atom is 0.401 e. The zero-order chi connectivity index (χ0) is 16.0. The molecule has 0 aliphatic carbocycles. The number of carboxylic acids is 1. The molecule has 1 aliphatic heterocycles. The summed E-state index contributed by atoms with van der Waals surface area (Å²) in [5.74, 6) is -1.15. The van der Waals surface area contributed by atoms with Gasteiger partial charge in [0.25, 0.3) is 0 Å². The van der Waals surface area contributed by atoms with Gasteiger partial charge >= 0.3 is 18.2 Å². The number of carboxylic acid groups (broad SMARTS) is 1. The van der Waals surface area contributed by atoms with E-state index >= 15 is 0 Å². The van der Waals surface area contributed by atoms with Crippen molar-refractivity contribution in [1.29, 1.82) is 0 Å². The maximum atomic E-state index is 12.3. The highest BCUT2D eigenvalue weighted by atomic mass is 19.4. The number of urea groups is 1. The van der Waals surface area contributed by atoms with Crippen molar-refractivity contribution in [2.75, 3.05) is 45.8 Å². The molecule has 9 heteroatoms. The molecule has 0 atom stereocenters. The first-order valence-corrected chi connectivity index (χ1v) is 6.38. The van der Waals surface area contributed by atoms with E-state index in [2.05, 4.69) is 6.58 Å². The molecule has 2 amide bonds. The molecule has 0 spiro atoms. The number of alkyl halides is 3. The second-order valence-electron chi connectivity index (χ2n) is 4.72. The summed E-state index contributed by atoms with van der Waals surface area (Å²) >= 11 is 0. The normalized spacial score (nSPS) is 16.6. The summed E-state index contributed by atoms with van der Waals surface area (Å²) in [6, 6.07) is -0.496. The standard InChI is InChI=1S/C12H18F3N3O3/c1-2-3-18(8-10(19)20)11(21)17-6-4-16(5-7-17)9-12(13,14)15/h2H,1,3-9H2,(H,19,20). The van der Waals surface area contributed by atoms with Gasteiger partial charge in [-0.25, -0.2) is 4.79 Å². The fraction of sp³-hybridized carbons (Fsp3) is 0.667. The maximum absolute atomic E-state index is 12.3. The van der Waals surface area contributed by atoms with E-state index in [-0.39, 0.29) is 32.7 Å². The summed E-state index contributed by atoms with van der Waals surface area (Å²) in [7, 11) is 0. The molecule has 1 fully saturated rings. The van der Waals surface area contributed by atoms with E-state index in [4.69, 9.17) is 5.11 Å². The van der Waals surface area contributed by atoms with Gasteiger partial charge in [-0.2, -0.15) is 13.2 Å². The van der Waals surface area contributed by atoms with Crippen molar-refractivity contribution < 1.29 is 27.9 Å². The van der Waals surface area contributed by atoms with Crippen LogP contribution < -0.4 is 0 Å². The molecule has 1 aliphatic rings. The van der Waals surface area contributed by atoms with Crippen molar-refractivity contribution in [1.82, 2.24) is 14.7 Å². The van der Waals surface area contributed by atoms with Gasteiger partial charge in [0.1, 0.15) is 6.54 Å². The largest absolute Gasteiger partial charge is 0.480 e. The van der Waals surface area contributed by atoms with Gasteiger partial charge < -0.3 is 14.9 Å². The van der Waals surface area contributed by atoms with Gasteiger partial charge in [0.15, 0.2) is 0 Å². The van der Waals surface area contributed by atoms with E-state index in [0.717, 1.165) is 4.90 Å². The van der Waals surface area contributed by atoms with E-state index in [1.807, 2.05) is 0 Å². The second kappa shape index (κ2) is 7.30. The monoisotopic (exact) mass is 309 g/mol. The Kier molecular flexibility index (Phi) is 6.01. The van der Waals surface area contributed by atoms with E-state index in [9.17, 15) is 22.8 Å². The highest BCUT2D eigenvalue weighted by molar-refractivity contribution is 5.80. The van der Waals surface area contributed by atoms with Crippen LogP contribution >= 0.6 is 0 Å². The molecule has 1 rings (SSSR count). The molecular formula is C12H18F3N3O3. The zero-order valence-corrected chi connectivity index (χ0v) is 11.5. The Morgan fingerprint density at radius 2 is 1.81 bits per heavy atom. The number of hydrogen-bond acceptors (Lipinski definition) is 3. The van der Waals surface area contributed by atoms with E-state index in [0.29, 0.717) is 0 Å². The van der Waals surface area contributed by atoms with E-state index < -0.39 is 31.3 Å². The highest BCUT2D eigenvalue weighted by Crippen LogP contribution is 2.17. The van der Waals surface area contributed by atoms with Crippen molar-refractivity contribution in [3.8, 4) is 0 Å². The van der Waals surface area contributed by atoms with Crippen molar-refractivity contribution in [3.63, 3.8) is 0 Å². The number of hydrogen-bond donors (Lipinski definition) is 1. The van der Waals surface area contributed by atoms with Gasteiger partial charge in [0.2, 0.25) is 0 Å². The Hall–Kier alpha value is -1.77. The van der Waals surface area contributed by atoms with Crippen LogP contribution in [0.4, 0.5) is 18.0 Å². The number of amides is 2. The first-order chi connectivity index (χ1) is 9.73. The lowest BCUT2D eigenvalue weighted by atomic mass is 10.3. The molecule has 1 N–H and O–H groups in total. The highest BCUT2D eigenvalue weighted by Gasteiger charge is 2.33. The third-order valence-corrected chi connectivity index (χ3v) is 2.99. The van der Waals surface area contributed by atoms with Crippen LogP contribution in [0, 0.1) is 0 Å². The molecule has 1 saturated heterocycles. The predicted octanol–water partition coefficient (Wildman–Crippen LogP) is 0.859. The number of aliphatic carboxylic acids is 1. The summed E-state index contributed by atoms with van der Waals surface area (Å²) in [6.07, 6.45) is -2.86. The number of piperazine rings is 1. The van der Waals surface area contributed by atoms with E-state index in [1.165, 1.54) is 15.9 Å². The Bertz CT molecular complexity index is 393. The minimum atomic E-state index is -4.26. The average molecular weight is 309 g/mol. The number of rotatable bonds is 5. The number of carbonyl (C=O) groups is 2. The topological polar surface area (TPSA) is 64.1 Å². The summed E-state index contributed by atoms with van der Waals surface area (Å²) < 4.78 is 36.8. The summed E-state index contributed by atoms with van der Waals surface area (Å²) in [4.78, 5) is 26.5. The Balaban J connectivity index is 2.53. The van der Waals surface area contributed by atoms with Gasteiger partial charge in [0, 0.05) is 32.7 Å². The summed E-state index contributed by atoms with van der Waals surface area (Å²) in [5, 5.41) is 8.75. The Morgan fingerprint density at radius 1 is 1.24 bits per heavy atom. The summed E-state index contributed by atoms with van der Waals surface area (Å²) in [5.41, 5.74) is 0. The molecule has 0 bridgehead atoms. The molecule has 0 unspecified atom stereocenters. The van der Waals surface area contributed by atoms with Crippen molar-refractivity contribution >= 4 is 12.0 Å². The smallest absolute Gasteiger partial charge is 0.401 e. The van der Waals surface area contributed by atoms with Gasteiger partial charge in [-0.1, -0.05) is 6.08 Å². The molecule has 0 saturated carbocycles. The lowest BCUT2D eigenvalue weighted by Crippen LogP contribution is -2.54. The SMILES string of the molecule is C=CCN(CC(=O)O)C(=O)N1CCN(CC(F)(F)F)CC1. The van der Waals surface area contributed by atoms with Crippen LogP contribution in [-0.2, 0) is 4.79 Å². The van der Waals surface area contributed by atoms with Crippen LogP contribution in [0.5, 0.6) is 0 Å². The van der Waals surface area contributed by atoms with Gasteiger partial charge in [-0.3, -0.25) is 9.69 Å². The van der Waals surface area contributed by atoms with Crippen LogP contribution in [0.3, 0.4) is 0 Å². The fourth-order valence-electron chi connectivity index (χ4n) is 2.08. The summed E-state index contributed by atoms with van der Waals surface area (Å²) in [6.45, 7) is 2.57. The second-order valence-corrected chi connectivity index (χ2v) is 4.72. The molecule has 0 aromatic carbocycles. The molecule has 120 valence electrons. The first-order valence-electron chi connectivity index (χ1n) is 6.38. The van der Waals surface area contributed by atoms with E-state index in [1.54, 1.807) is 0 Å². The fourth-order valence-corrected chi connectivity index (χ4v) is 2.08. The first kappa shape index (κ1) is 17.3. The van der Waals surface area contributed by atoms with Crippen LogP contribution in [0.2, 0.25) is 0 Å². The third kappa shape index (κ3) is 6.03. The number of halogens is 3. The minimum absolute atomic E-state index is 0.0773. The molecule has 1 heterocycles. The molecule has 6 nitrogen and oxygen atoms in total. The number of nitrogens with zero attached hydrogens (tertiary/aromatic N) is 3. The molecule has 0 radical (unpaired) electrons. The molecular weight excluding hydrogens is 291 g/mol. The third-order valence-electron chi connectivity index (χ3n) is 2.99. The zero-order valence-electron chi connectivity index (χ0n) is 11.5. The van der Waals surface area contributed by atoms with Crippen LogP contribution in [-0.4, -0.2) is 83.8 Å². The average Bonchev–Trinajstić information content (AvgIpc) is 2.36. The Morgan fingerprint density at radius 3 is 2.24 bits per heavy atom. The lowest BCUT2D eigenvalue weighted by molar-refractivity contribution is -0.148.